The summed E-state index contributed by atoms with van der Waals surface area (Å²) in [5.41, 5.74) is 1.29. The van der Waals surface area contributed by atoms with Crippen LogP contribution in [0.2, 0.25) is 0 Å². The van der Waals surface area contributed by atoms with E-state index in [4.69, 9.17) is 9.47 Å². The van der Waals surface area contributed by atoms with Gasteiger partial charge >= 0.3 is 11.9 Å². The van der Waals surface area contributed by atoms with Gasteiger partial charge in [-0.15, -0.1) is 0 Å². The summed E-state index contributed by atoms with van der Waals surface area (Å²) in [6.07, 6.45) is 9.69. The molecule has 0 aliphatic heterocycles. The first kappa shape index (κ1) is 22.3. The van der Waals surface area contributed by atoms with E-state index in [-0.39, 0.29) is 34.7 Å². The molecule has 0 saturated heterocycles. The molecule has 5 heteroatoms. The average molecular weight is 429 g/mol. The van der Waals surface area contributed by atoms with Crippen molar-refractivity contribution in [3.8, 4) is 0 Å². The molecule has 0 aromatic rings. The molecule has 0 radical (unpaired) electrons. The maximum Gasteiger partial charge on any atom is 0.303 e. The molecular formula is C26H36O5. The standard InChI is InChI=1S/C26H36O5/c1-15-13-20-21(24(5)10-7-19(14-23(15)24)30-17(3)28)8-11-25(6)22(20)9-12-26(25,16(2)27)31-18(4)29/h13-14,19-22H,7-12H2,1-6H3/t19-,20-,21-,22+,24-,25+,26-/m1/s1. The largest absolute Gasteiger partial charge is 0.458 e. The second-order valence-corrected chi connectivity index (χ2v) is 10.8. The molecular weight excluding hydrogens is 392 g/mol. The highest BCUT2D eigenvalue weighted by molar-refractivity contribution is 5.89. The Morgan fingerprint density at radius 2 is 1.58 bits per heavy atom. The SMILES string of the molecule is CC(=O)O[C@H]1C=C2C(C)=C[C@@H]3[C@@H](CC[C@@]4(C)[C@H]3CC[C@@]4(OC(C)=O)C(C)=O)[C@@]2(C)CC1. The summed E-state index contributed by atoms with van der Waals surface area (Å²) < 4.78 is 11.4. The molecule has 0 N–H and O–H groups in total. The molecule has 0 unspecified atom stereocenters. The fraction of sp³-hybridized carbons (Fsp3) is 0.731. The highest BCUT2D eigenvalue weighted by Crippen LogP contribution is 2.68. The average Bonchev–Trinajstić information content (AvgIpc) is 2.96. The van der Waals surface area contributed by atoms with Crippen LogP contribution in [-0.4, -0.2) is 29.4 Å². The zero-order valence-electron chi connectivity index (χ0n) is 19.7. The molecule has 2 saturated carbocycles. The van der Waals surface area contributed by atoms with Crippen molar-refractivity contribution in [2.24, 2.45) is 28.6 Å². The number of ether oxygens (including phenoxy) is 2. The Balaban J connectivity index is 1.73. The van der Waals surface area contributed by atoms with Crippen LogP contribution >= 0.6 is 0 Å². The molecule has 0 amide bonds. The minimum atomic E-state index is -1.000. The van der Waals surface area contributed by atoms with Gasteiger partial charge in [0.25, 0.3) is 0 Å². The van der Waals surface area contributed by atoms with Crippen LogP contribution in [0.1, 0.15) is 80.1 Å². The Bertz CT molecular complexity index is 884. The first-order valence-electron chi connectivity index (χ1n) is 11.7. The number of rotatable bonds is 3. The van der Waals surface area contributed by atoms with Crippen LogP contribution < -0.4 is 0 Å². The van der Waals surface area contributed by atoms with E-state index in [0.717, 1.165) is 32.1 Å². The first-order chi connectivity index (χ1) is 14.4. The van der Waals surface area contributed by atoms with E-state index < -0.39 is 5.60 Å². The molecule has 31 heavy (non-hydrogen) atoms. The van der Waals surface area contributed by atoms with E-state index in [0.29, 0.717) is 24.2 Å². The van der Waals surface area contributed by atoms with Gasteiger partial charge in [-0.3, -0.25) is 14.4 Å². The van der Waals surface area contributed by atoms with Crippen molar-refractivity contribution in [1.82, 2.24) is 0 Å². The van der Waals surface area contributed by atoms with E-state index in [1.54, 1.807) is 6.92 Å². The van der Waals surface area contributed by atoms with E-state index in [1.807, 2.05) is 0 Å². The number of carbonyl (C=O) groups is 3. The highest BCUT2D eigenvalue weighted by atomic mass is 16.6. The van der Waals surface area contributed by atoms with Gasteiger partial charge < -0.3 is 9.47 Å². The zero-order chi connectivity index (χ0) is 22.8. The van der Waals surface area contributed by atoms with Gasteiger partial charge in [-0.05, 0) is 87.2 Å². The highest BCUT2D eigenvalue weighted by Gasteiger charge is 2.67. The van der Waals surface area contributed by atoms with Crippen LogP contribution in [0, 0.1) is 28.6 Å². The second-order valence-electron chi connectivity index (χ2n) is 10.8. The Kier molecular flexibility index (Phi) is 5.26. The maximum absolute atomic E-state index is 12.9. The molecule has 0 heterocycles. The lowest BCUT2D eigenvalue weighted by Crippen LogP contribution is -2.58. The van der Waals surface area contributed by atoms with Crippen LogP contribution in [0.3, 0.4) is 0 Å². The van der Waals surface area contributed by atoms with Gasteiger partial charge in [-0.2, -0.15) is 0 Å². The predicted molar refractivity (Wildman–Crippen MR) is 117 cm³/mol. The van der Waals surface area contributed by atoms with Crippen LogP contribution in [0.15, 0.2) is 23.3 Å². The molecule has 0 spiro atoms. The van der Waals surface area contributed by atoms with Crippen LogP contribution in [0.25, 0.3) is 0 Å². The molecule has 4 aliphatic rings. The van der Waals surface area contributed by atoms with E-state index in [2.05, 4.69) is 32.9 Å². The lowest BCUT2D eigenvalue weighted by Gasteiger charge is -2.58. The summed E-state index contributed by atoms with van der Waals surface area (Å²) in [5.74, 6) is 0.550. The first-order valence-corrected chi connectivity index (χ1v) is 11.7. The maximum atomic E-state index is 12.9. The van der Waals surface area contributed by atoms with Crippen LogP contribution in [0.4, 0.5) is 0 Å². The van der Waals surface area contributed by atoms with Crippen LogP contribution in [0.5, 0.6) is 0 Å². The number of carbonyl (C=O) groups excluding carboxylic acids is 3. The molecule has 5 nitrogen and oxygen atoms in total. The lowest BCUT2D eigenvalue weighted by atomic mass is 9.47. The lowest BCUT2D eigenvalue weighted by molar-refractivity contribution is -0.185. The van der Waals surface area contributed by atoms with Gasteiger partial charge in [0.15, 0.2) is 11.4 Å². The van der Waals surface area contributed by atoms with Crippen molar-refractivity contribution in [1.29, 1.82) is 0 Å². The smallest absolute Gasteiger partial charge is 0.303 e. The van der Waals surface area contributed by atoms with Crippen molar-refractivity contribution in [2.45, 2.75) is 91.8 Å². The zero-order valence-corrected chi connectivity index (χ0v) is 19.7. The molecule has 7 atom stereocenters. The third-order valence-corrected chi connectivity index (χ3v) is 9.26. The van der Waals surface area contributed by atoms with Gasteiger partial charge in [-0.25, -0.2) is 0 Å². The van der Waals surface area contributed by atoms with Gasteiger partial charge in [0.2, 0.25) is 0 Å². The molecule has 2 fully saturated rings. The van der Waals surface area contributed by atoms with Crippen molar-refractivity contribution in [2.75, 3.05) is 0 Å². The fourth-order valence-corrected chi connectivity index (χ4v) is 7.92. The monoisotopic (exact) mass is 428 g/mol. The minimum Gasteiger partial charge on any atom is -0.458 e. The summed E-state index contributed by atoms with van der Waals surface area (Å²) in [6, 6.07) is 0. The van der Waals surface area contributed by atoms with Gasteiger partial charge in [-0.1, -0.05) is 25.5 Å². The molecule has 0 aromatic heterocycles. The molecule has 4 rings (SSSR count). The van der Waals surface area contributed by atoms with Crippen molar-refractivity contribution >= 4 is 17.7 Å². The Hall–Kier alpha value is -1.91. The third-order valence-electron chi connectivity index (χ3n) is 9.26. The minimum absolute atomic E-state index is 0.0173. The topological polar surface area (TPSA) is 69.7 Å². The number of fused-ring (bicyclic) bond motifs is 5. The molecule has 170 valence electrons. The van der Waals surface area contributed by atoms with Gasteiger partial charge in [0.05, 0.1) is 0 Å². The molecule has 4 aliphatic carbocycles. The van der Waals surface area contributed by atoms with E-state index in [1.165, 1.54) is 25.0 Å². The summed E-state index contributed by atoms with van der Waals surface area (Å²) in [5, 5.41) is 0. The molecule has 0 bridgehead atoms. The van der Waals surface area contributed by atoms with E-state index in [9.17, 15) is 14.4 Å². The fourth-order valence-electron chi connectivity index (χ4n) is 7.92. The van der Waals surface area contributed by atoms with Crippen molar-refractivity contribution in [3.05, 3.63) is 23.3 Å². The number of hydrogen-bond donors (Lipinski definition) is 0. The van der Waals surface area contributed by atoms with Gasteiger partial charge in [0.1, 0.15) is 6.10 Å². The van der Waals surface area contributed by atoms with E-state index >= 15 is 0 Å². The van der Waals surface area contributed by atoms with Crippen molar-refractivity contribution < 1.29 is 23.9 Å². The quantitative estimate of drug-likeness (QED) is 0.596. The Morgan fingerprint density at radius 1 is 0.903 bits per heavy atom. The number of ketones is 1. The number of hydrogen-bond acceptors (Lipinski definition) is 5. The number of allylic oxidation sites excluding steroid dienone is 3. The van der Waals surface area contributed by atoms with Crippen LogP contribution in [-0.2, 0) is 23.9 Å². The summed E-state index contributed by atoms with van der Waals surface area (Å²) in [7, 11) is 0. The van der Waals surface area contributed by atoms with Gasteiger partial charge in [0, 0.05) is 19.3 Å². The summed E-state index contributed by atoms with van der Waals surface area (Å²) in [4.78, 5) is 36.3. The third kappa shape index (κ3) is 3.14. The summed E-state index contributed by atoms with van der Waals surface area (Å²) in [6.45, 7) is 11.2. The Morgan fingerprint density at radius 3 is 2.19 bits per heavy atom. The second kappa shape index (κ2) is 7.31. The normalized spacial score (nSPS) is 43.5. The number of Topliss-reactive ketones (excluding diaryl/α,β-unsaturated/α-hetero) is 1. The molecule has 0 aromatic carbocycles. The number of esters is 2. The van der Waals surface area contributed by atoms with Crippen molar-refractivity contribution in [3.63, 3.8) is 0 Å². The Labute approximate surface area is 185 Å². The predicted octanol–water partition coefficient (Wildman–Crippen LogP) is 4.94. The summed E-state index contributed by atoms with van der Waals surface area (Å²) >= 11 is 0.